The molecule has 1 aliphatic heterocycles. The van der Waals surface area contributed by atoms with Gasteiger partial charge in [0.1, 0.15) is 5.82 Å². The number of hydrogen-bond acceptors (Lipinski definition) is 4. The van der Waals surface area contributed by atoms with Crippen molar-refractivity contribution in [2.24, 2.45) is 0 Å². The zero-order chi connectivity index (χ0) is 15.9. The average Bonchev–Trinajstić information content (AvgIpc) is 3.07. The molecule has 1 amide bonds. The molecule has 0 saturated carbocycles. The molecule has 3 rings (SSSR count). The number of nitrogens with one attached hydrogen (secondary N) is 1. The normalized spacial score (nSPS) is 15.2. The van der Waals surface area contributed by atoms with Crippen LogP contribution in [0, 0.1) is 0 Å². The van der Waals surface area contributed by atoms with Crippen molar-refractivity contribution in [3.63, 3.8) is 0 Å². The highest BCUT2D eigenvalue weighted by Gasteiger charge is 2.17. The van der Waals surface area contributed by atoms with E-state index in [4.69, 9.17) is 0 Å². The predicted octanol–water partition coefficient (Wildman–Crippen LogP) is 3.08. The van der Waals surface area contributed by atoms with Gasteiger partial charge in [-0.3, -0.25) is 9.89 Å². The number of benzene rings is 1. The first-order valence-electron chi connectivity index (χ1n) is 7.87. The molecule has 1 aromatic heterocycles. The lowest BCUT2D eigenvalue weighted by atomic mass is 10.1. The molecule has 0 radical (unpaired) electrons. The minimum Gasteiger partial charge on any atom is -0.342 e. The summed E-state index contributed by atoms with van der Waals surface area (Å²) < 4.78 is 0. The molecule has 1 saturated heterocycles. The van der Waals surface area contributed by atoms with E-state index in [1.54, 1.807) is 0 Å². The first-order chi connectivity index (χ1) is 11.3. The topological polar surface area (TPSA) is 61.9 Å². The fourth-order valence-corrected chi connectivity index (χ4v) is 3.21. The molecule has 5 nitrogen and oxygen atoms in total. The van der Waals surface area contributed by atoms with E-state index in [-0.39, 0.29) is 5.91 Å². The number of aromatic amines is 1. The van der Waals surface area contributed by atoms with Crippen LogP contribution in [-0.2, 0) is 4.79 Å². The minimum atomic E-state index is 0.181. The van der Waals surface area contributed by atoms with Gasteiger partial charge in [0.05, 0.1) is 5.75 Å². The number of hydrogen-bond donors (Lipinski definition) is 1. The molecule has 1 fully saturated rings. The van der Waals surface area contributed by atoms with Crippen LogP contribution in [-0.4, -0.2) is 44.8 Å². The summed E-state index contributed by atoms with van der Waals surface area (Å²) in [6.45, 7) is 1.77. The Bertz CT molecular complexity index is 662. The molecule has 1 aliphatic rings. The van der Waals surface area contributed by atoms with Crippen molar-refractivity contribution in [1.82, 2.24) is 20.1 Å². The molecule has 6 heteroatoms. The van der Waals surface area contributed by atoms with Crippen molar-refractivity contribution in [2.45, 2.75) is 24.4 Å². The van der Waals surface area contributed by atoms with Crippen LogP contribution in [0.15, 0.2) is 35.5 Å². The average molecular weight is 328 g/mol. The Balaban J connectivity index is 1.51. The highest BCUT2D eigenvalue weighted by atomic mass is 32.2. The van der Waals surface area contributed by atoms with Crippen LogP contribution in [0.5, 0.6) is 0 Å². The number of likely N-dealkylation sites (tertiary alicyclic amines) is 1. The number of aromatic nitrogens is 3. The largest absolute Gasteiger partial charge is 0.342 e. The van der Waals surface area contributed by atoms with Crippen LogP contribution in [0.25, 0.3) is 12.2 Å². The van der Waals surface area contributed by atoms with E-state index >= 15 is 0 Å². The number of amides is 1. The van der Waals surface area contributed by atoms with E-state index in [2.05, 4.69) is 15.2 Å². The molecule has 0 spiro atoms. The van der Waals surface area contributed by atoms with E-state index in [9.17, 15) is 4.79 Å². The Kier molecular flexibility index (Phi) is 5.47. The van der Waals surface area contributed by atoms with Gasteiger partial charge in [0, 0.05) is 13.1 Å². The van der Waals surface area contributed by atoms with Crippen LogP contribution in [0.2, 0.25) is 0 Å². The molecular formula is C17H20N4OS. The SMILES string of the molecule is O=C(CSc1n[nH]c(/C=C/c2ccccc2)n1)N1CCCCC1. The van der Waals surface area contributed by atoms with E-state index < -0.39 is 0 Å². The van der Waals surface area contributed by atoms with Crippen molar-refractivity contribution in [3.8, 4) is 0 Å². The van der Waals surface area contributed by atoms with E-state index in [1.807, 2.05) is 47.4 Å². The number of rotatable bonds is 5. The number of carbonyl (C=O) groups is 1. The van der Waals surface area contributed by atoms with E-state index in [0.717, 1.165) is 31.5 Å². The Hall–Kier alpha value is -2.08. The molecule has 1 N–H and O–H groups in total. The van der Waals surface area contributed by atoms with E-state index in [1.165, 1.54) is 18.2 Å². The van der Waals surface area contributed by atoms with Crippen LogP contribution in [0.3, 0.4) is 0 Å². The molecule has 0 unspecified atom stereocenters. The monoisotopic (exact) mass is 328 g/mol. The highest BCUT2D eigenvalue weighted by Crippen LogP contribution is 2.16. The van der Waals surface area contributed by atoms with Crippen molar-refractivity contribution in [2.75, 3.05) is 18.8 Å². The van der Waals surface area contributed by atoms with Gasteiger partial charge in [-0.1, -0.05) is 48.2 Å². The fraction of sp³-hybridized carbons (Fsp3) is 0.353. The highest BCUT2D eigenvalue weighted by molar-refractivity contribution is 7.99. The second-order valence-corrected chi connectivity index (χ2v) is 6.42. The lowest BCUT2D eigenvalue weighted by Gasteiger charge is -2.26. The van der Waals surface area contributed by atoms with Crippen molar-refractivity contribution in [3.05, 3.63) is 41.7 Å². The molecule has 120 valence electrons. The third kappa shape index (κ3) is 4.69. The third-order valence-electron chi connectivity index (χ3n) is 3.75. The summed E-state index contributed by atoms with van der Waals surface area (Å²) in [5, 5.41) is 7.65. The second kappa shape index (κ2) is 7.97. The number of H-pyrrole nitrogens is 1. The number of carbonyl (C=O) groups excluding carboxylic acids is 1. The van der Waals surface area contributed by atoms with Crippen molar-refractivity contribution in [1.29, 1.82) is 0 Å². The maximum atomic E-state index is 12.1. The summed E-state index contributed by atoms with van der Waals surface area (Å²) in [4.78, 5) is 18.4. The first-order valence-corrected chi connectivity index (χ1v) is 8.86. The zero-order valence-electron chi connectivity index (χ0n) is 12.9. The Morgan fingerprint density at radius 2 is 1.96 bits per heavy atom. The molecule has 23 heavy (non-hydrogen) atoms. The molecule has 2 aromatic rings. The quantitative estimate of drug-likeness (QED) is 0.857. The van der Waals surface area contributed by atoms with Gasteiger partial charge in [-0.2, -0.15) is 0 Å². The zero-order valence-corrected chi connectivity index (χ0v) is 13.8. The summed E-state index contributed by atoms with van der Waals surface area (Å²) in [5.74, 6) is 1.28. The summed E-state index contributed by atoms with van der Waals surface area (Å²) in [6, 6.07) is 10.0. The molecule has 0 atom stereocenters. The standard InChI is InChI=1S/C17H20N4OS/c22-16(21-11-5-2-6-12-21)13-23-17-18-15(19-20-17)10-9-14-7-3-1-4-8-14/h1,3-4,7-10H,2,5-6,11-13H2,(H,18,19,20)/b10-9+. The van der Waals surface area contributed by atoms with E-state index in [0.29, 0.717) is 16.7 Å². The number of thioether (sulfide) groups is 1. The van der Waals surface area contributed by atoms with Gasteiger partial charge >= 0.3 is 0 Å². The van der Waals surface area contributed by atoms with Gasteiger partial charge in [0.25, 0.3) is 0 Å². The second-order valence-electron chi connectivity index (χ2n) is 5.48. The van der Waals surface area contributed by atoms with Gasteiger partial charge in [0.15, 0.2) is 0 Å². The maximum Gasteiger partial charge on any atom is 0.233 e. The van der Waals surface area contributed by atoms with Gasteiger partial charge in [-0.15, -0.1) is 5.10 Å². The van der Waals surface area contributed by atoms with Crippen LogP contribution >= 0.6 is 11.8 Å². The molecule has 0 aliphatic carbocycles. The lowest BCUT2D eigenvalue weighted by molar-refractivity contribution is -0.129. The van der Waals surface area contributed by atoms with Crippen LogP contribution < -0.4 is 0 Å². The maximum absolute atomic E-state index is 12.1. The van der Waals surface area contributed by atoms with Gasteiger partial charge in [0.2, 0.25) is 11.1 Å². The Morgan fingerprint density at radius 1 is 1.17 bits per heavy atom. The van der Waals surface area contributed by atoms with Gasteiger partial charge in [-0.05, 0) is 30.9 Å². The van der Waals surface area contributed by atoms with Gasteiger partial charge in [-0.25, -0.2) is 4.98 Å². The molecule has 1 aromatic carbocycles. The lowest BCUT2D eigenvalue weighted by Crippen LogP contribution is -2.36. The first kappa shape index (κ1) is 15.8. The summed E-state index contributed by atoms with van der Waals surface area (Å²) in [7, 11) is 0. The molecule has 0 bridgehead atoms. The summed E-state index contributed by atoms with van der Waals surface area (Å²) >= 11 is 1.39. The van der Waals surface area contributed by atoms with Crippen molar-refractivity contribution >= 4 is 29.8 Å². The minimum absolute atomic E-state index is 0.181. The van der Waals surface area contributed by atoms with Crippen LogP contribution in [0.1, 0.15) is 30.7 Å². The van der Waals surface area contributed by atoms with Crippen LogP contribution in [0.4, 0.5) is 0 Å². The Morgan fingerprint density at radius 3 is 2.74 bits per heavy atom. The third-order valence-corrected chi connectivity index (χ3v) is 4.58. The molecule has 2 heterocycles. The summed E-state index contributed by atoms with van der Waals surface area (Å²) in [5.41, 5.74) is 1.11. The number of piperidine rings is 1. The molecular weight excluding hydrogens is 308 g/mol. The predicted molar refractivity (Wildman–Crippen MR) is 92.9 cm³/mol. The van der Waals surface area contributed by atoms with Gasteiger partial charge < -0.3 is 4.90 Å². The smallest absolute Gasteiger partial charge is 0.233 e. The Labute approximate surface area is 140 Å². The van der Waals surface area contributed by atoms with Crippen molar-refractivity contribution < 1.29 is 4.79 Å². The number of nitrogens with zero attached hydrogens (tertiary/aromatic N) is 3. The summed E-state index contributed by atoms with van der Waals surface area (Å²) in [6.07, 6.45) is 7.33. The fourth-order valence-electron chi connectivity index (χ4n) is 2.50.